The number of amides is 4. The summed E-state index contributed by atoms with van der Waals surface area (Å²) in [6.07, 6.45) is 1.42. The van der Waals surface area contributed by atoms with Crippen molar-refractivity contribution >= 4 is 17.8 Å². The number of nitrogens with zero attached hydrogens (tertiary/aromatic N) is 2. The van der Waals surface area contributed by atoms with Gasteiger partial charge in [0.05, 0.1) is 19.3 Å². The zero-order chi connectivity index (χ0) is 12.4. The zero-order valence-electron chi connectivity index (χ0n) is 9.85. The lowest BCUT2D eigenvalue weighted by Gasteiger charge is -2.32. The quantitative estimate of drug-likeness (QED) is 0.514. The molecule has 2 aliphatic heterocycles. The van der Waals surface area contributed by atoms with Crippen LogP contribution in [0.3, 0.4) is 0 Å². The number of imide groups is 2. The SMILES string of the molecule is CCCCN1C(=O)CC(=O)N(CC2CO2)C1=O. The first-order valence-corrected chi connectivity index (χ1v) is 5.89. The molecule has 6 nitrogen and oxygen atoms in total. The molecule has 2 fully saturated rings. The third-order valence-corrected chi connectivity index (χ3v) is 2.89. The molecule has 0 N–H and O–H groups in total. The zero-order valence-corrected chi connectivity index (χ0v) is 9.85. The summed E-state index contributed by atoms with van der Waals surface area (Å²) >= 11 is 0. The van der Waals surface area contributed by atoms with Crippen LogP contribution in [0.15, 0.2) is 0 Å². The third-order valence-electron chi connectivity index (χ3n) is 2.89. The Kier molecular flexibility index (Phi) is 3.42. The van der Waals surface area contributed by atoms with E-state index in [1.54, 1.807) is 0 Å². The Morgan fingerprint density at radius 3 is 2.47 bits per heavy atom. The van der Waals surface area contributed by atoms with Gasteiger partial charge in [0.2, 0.25) is 11.8 Å². The van der Waals surface area contributed by atoms with Gasteiger partial charge in [-0.2, -0.15) is 0 Å². The van der Waals surface area contributed by atoms with Crippen LogP contribution in [0.25, 0.3) is 0 Å². The second kappa shape index (κ2) is 4.83. The molecule has 0 bridgehead atoms. The summed E-state index contributed by atoms with van der Waals surface area (Å²) in [5.74, 6) is -0.801. The van der Waals surface area contributed by atoms with Crippen molar-refractivity contribution in [2.45, 2.75) is 32.3 Å². The molecule has 6 heteroatoms. The fourth-order valence-electron chi connectivity index (χ4n) is 1.77. The standard InChI is InChI=1S/C11H16N2O4/c1-2-3-4-12-9(14)5-10(15)13(11(12)16)6-8-7-17-8/h8H,2-7H2,1H3. The van der Waals surface area contributed by atoms with E-state index < -0.39 is 11.9 Å². The van der Waals surface area contributed by atoms with Gasteiger partial charge in [-0.25, -0.2) is 4.79 Å². The number of urea groups is 1. The molecule has 94 valence electrons. The van der Waals surface area contributed by atoms with Crippen molar-refractivity contribution < 1.29 is 19.1 Å². The molecular formula is C11H16N2O4. The maximum atomic E-state index is 12.0. The van der Waals surface area contributed by atoms with Crippen molar-refractivity contribution in [1.29, 1.82) is 0 Å². The molecule has 1 atom stereocenters. The van der Waals surface area contributed by atoms with E-state index in [-0.39, 0.29) is 25.0 Å². The molecule has 2 rings (SSSR count). The molecule has 2 heterocycles. The molecule has 0 radical (unpaired) electrons. The first-order chi connectivity index (χ1) is 8.13. The fraction of sp³-hybridized carbons (Fsp3) is 0.727. The van der Waals surface area contributed by atoms with E-state index in [0.29, 0.717) is 13.2 Å². The van der Waals surface area contributed by atoms with Crippen LogP contribution in [0, 0.1) is 0 Å². The molecule has 4 amide bonds. The first-order valence-electron chi connectivity index (χ1n) is 5.89. The summed E-state index contributed by atoms with van der Waals surface area (Å²) in [7, 11) is 0. The minimum Gasteiger partial charge on any atom is -0.371 e. The molecule has 17 heavy (non-hydrogen) atoms. The number of unbranched alkanes of at least 4 members (excludes halogenated alkanes) is 1. The second-order valence-electron chi connectivity index (χ2n) is 4.32. The van der Waals surface area contributed by atoms with Crippen LogP contribution >= 0.6 is 0 Å². The van der Waals surface area contributed by atoms with Crippen LogP contribution in [0.2, 0.25) is 0 Å². The minimum atomic E-state index is -0.491. The van der Waals surface area contributed by atoms with Crippen molar-refractivity contribution in [1.82, 2.24) is 9.80 Å². The van der Waals surface area contributed by atoms with Crippen LogP contribution in [0.5, 0.6) is 0 Å². The number of ether oxygens (including phenoxy) is 1. The molecule has 1 unspecified atom stereocenters. The average Bonchev–Trinajstić information content (AvgIpc) is 3.08. The van der Waals surface area contributed by atoms with Gasteiger partial charge < -0.3 is 4.74 Å². The normalized spacial score (nSPS) is 24.5. The molecule has 0 aromatic heterocycles. The van der Waals surface area contributed by atoms with E-state index in [9.17, 15) is 14.4 Å². The smallest absolute Gasteiger partial charge is 0.333 e. The highest BCUT2D eigenvalue weighted by molar-refractivity contribution is 6.14. The highest BCUT2D eigenvalue weighted by Gasteiger charge is 2.40. The van der Waals surface area contributed by atoms with Gasteiger partial charge in [0, 0.05) is 6.54 Å². The van der Waals surface area contributed by atoms with Crippen molar-refractivity contribution in [2.75, 3.05) is 19.7 Å². The monoisotopic (exact) mass is 240 g/mol. The van der Waals surface area contributed by atoms with Crippen LogP contribution in [-0.4, -0.2) is 53.4 Å². The Morgan fingerprint density at radius 1 is 1.24 bits per heavy atom. The van der Waals surface area contributed by atoms with E-state index in [0.717, 1.165) is 17.7 Å². The lowest BCUT2D eigenvalue weighted by atomic mass is 10.2. The number of carbonyl (C=O) groups is 3. The number of carbonyl (C=O) groups excluding carboxylic acids is 3. The Bertz CT molecular complexity index is 351. The fourth-order valence-corrected chi connectivity index (χ4v) is 1.77. The van der Waals surface area contributed by atoms with Gasteiger partial charge in [-0.1, -0.05) is 13.3 Å². The maximum Gasteiger partial charge on any atom is 0.333 e. The lowest BCUT2D eigenvalue weighted by Crippen LogP contribution is -2.56. The summed E-state index contributed by atoms with van der Waals surface area (Å²) in [6.45, 7) is 3.23. The predicted octanol–water partition coefficient (Wildman–Crippen LogP) is 0.366. The van der Waals surface area contributed by atoms with Crippen LogP contribution < -0.4 is 0 Å². The molecule has 0 saturated carbocycles. The summed E-state index contributed by atoms with van der Waals surface area (Å²) in [6, 6.07) is -0.491. The van der Waals surface area contributed by atoms with Gasteiger partial charge in [-0.05, 0) is 6.42 Å². The summed E-state index contributed by atoms with van der Waals surface area (Å²) in [4.78, 5) is 37.5. The number of barbiturate groups is 1. The van der Waals surface area contributed by atoms with Crippen molar-refractivity contribution in [3.8, 4) is 0 Å². The van der Waals surface area contributed by atoms with Gasteiger partial charge in [-0.15, -0.1) is 0 Å². The van der Waals surface area contributed by atoms with E-state index in [1.165, 1.54) is 4.90 Å². The highest BCUT2D eigenvalue weighted by atomic mass is 16.6. The van der Waals surface area contributed by atoms with Gasteiger partial charge in [0.15, 0.2) is 0 Å². The maximum absolute atomic E-state index is 12.0. The largest absolute Gasteiger partial charge is 0.371 e. The topological polar surface area (TPSA) is 70.2 Å². The van der Waals surface area contributed by atoms with E-state index in [1.807, 2.05) is 6.92 Å². The van der Waals surface area contributed by atoms with E-state index >= 15 is 0 Å². The average molecular weight is 240 g/mol. The van der Waals surface area contributed by atoms with E-state index in [4.69, 9.17) is 4.74 Å². The summed E-state index contributed by atoms with van der Waals surface area (Å²) in [5, 5.41) is 0. The number of hydrogen-bond acceptors (Lipinski definition) is 4. The van der Waals surface area contributed by atoms with Gasteiger partial charge in [0.1, 0.15) is 6.42 Å². The van der Waals surface area contributed by atoms with E-state index in [2.05, 4.69) is 0 Å². The number of rotatable bonds is 5. The molecule has 0 aromatic carbocycles. The summed E-state index contributed by atoms with van der Waals surface area (Å²) in [5.41, 5.74) is 0. The van der Waals surface area contributed by atoms with Crippen LogP contribution in [0.1, 0.15) is 26.2 Å². The molecule has 0 aromatic rings. The van der Waals surface area contributed by atoms with Crippen molar-refractivity contribution in [2.24, 2.45) is 0 Å². The predicted molar refractivity (Wildman–Crippen MR) is 58.1 cm³/mol. The number of hydrogen-bond donors (Lipinski definition) is 0. The Morgan fingerprint density at radius 2 is 1.88 bits per heavy atom. The first kappa shape index (κ1) is 12.0. The van der Waals surface area contributed by atoms with Crippen molar-refractivity contribution in [3.63, 3.8) is 0 Å². The Labute approximate surface area is 99.5 Å². The van der Waals surface area contributed by atoms with Gasteiger partial charge in [0.25, 0.3) is 0 Å². The van der Waals surface area contributed by atoms with Crippen LogP contribution in [0.4, 0.5) is 4.79 Å². The molecule has 0 aliphatic carbocycles. The minimum absolute atomic E-state index is 0.0378. The molecular weight excluding hydrogens is 224 g/mol. The molecule has 2 saturated heterocycles. The molecule has 2 aliphatic rings. The van der Waals surface area contributed by atoms with Crippen molar-refractivity contribution in [3.05, 3.63) is 0 Å². The third kappa shape index (κ3) is 2.63. The lowest BCUT2D eigenvalue weighted by molar-refractivity contribution is -0.142. The highest BCUT2D eigenvalue weighted by Crippen LogP contribution is 2.18. The number of epoxide rings is 1. The summed E-state index contributed by atoms with van der Waals surface area (Å²) < 4.78 is 5.00. The van der Waals surface area contributed by atoms with Crippen LogP contribution in [-0.2, 0) is 14.3 Å². The Balaban J connectivity index is 2.03. The van der Waals surface area contributed by atoms with Gasteiger partial charge >= 0.3 is 6.03 Å². The van der Waals surface area contributed by atoms with Gasteiger partial charge in [-0.3, -0.25) is 19.4 Å². The molecule has 0 spiro atoms. The Hall–Kier alpha value is -1.43. The second-order valence-corrected chi connectivity index (χ2v) is 4.32.